The van der Waals surface area contributed by atoms with E-state index < -0.39 is 34.1 Å². The minimum Gasteiger partial charge on any atom is -0.492 e. The van der Waals surface area contributed by atoms with Gasteiger partial charge in [-0.05, 0) is 36.8 Å². The van der Waals surface area contributed by atoms with Gasteiger partial charge in [0, 0.05) is 17.8 Å². The van der Waals surface area contributed by atoms with Crippen LogP contribution in [0.2, 0.25) is 0 Å². The van der Waals surface area contributed by atoms with Gasteiger partial charge in [0.2, 0.25) is 0 Å². The van der Waals surface area contributed by atoms with Crippen molar-refractivity contribution in [3.8, 4) is 11.5 Å². The van der Waals surface area contributed by atoms with Gasteiger partial charge in [-0.25, -0.2) is 8.42 Å². The van der Waals surface area contributed by atoms with E-state index in [4.69, 9.17) is 4.74 Å². The molecule has 0 aliphatic rings. The number of sulfonamides is 1. The van der Waals surface area contributed by atoms with Gasteiger partial charge >= 0.3 is 6.36 Å². The van der Waals surface area contributed by atoms with E-state index in [-0.39, 0.29) is 28.6 Å². The number of ether oxygens (including phenoxy) is 2. The average Bonchev–Trinajstić information content (AvgIpc) is 2.78. The highest BCUT2D eigenvalue weighted by atomic mass is 32.2. The molecule has 0 bridgehead atoms. The molecule has 0 aromatic heterocycles. The predicted octanol–water partition coefficient (Wildman–Crippen LogP) is 4.46. The number of alkyl halides is 3. The lowest BCUT2D eigenvalue weighted by atomic mass is 10.1. The van der Waals surface area contributed by atoms with Crippen LogP contribution >= 0.6 is 0 Å². The Balaban J connectivity index is 1.82. The lowest BCUT2D eigenvalue weighted by Gasteiger charge is -2.16. The Hall–Kier alpha value is -3.77. The molecular formula is C23H21F3N2O6S. The Morgan fingerprint density at radius 2 is 1.71 bits per heavy atom. The molecule has 3 aromatic carbocycles. The first-order valence-electron chi connectivity index (χ1n) is 10.2. The topological polar surface area (TPSA) is 114 Å². The number of benzene rings is 3. The molecule has 0 saturated carbocycles. The van der Waals surface area contributed by atoms with Crippen molar-refractivity contribution in [3.05, 3.63) is 78.4 Å². The average molecular weight is 510 g/mol. The van der Waals surface area contributed by atoms with Crippen LogP contribution in [-0.2, 0) is 14.8 Å². The summed E-state index contributed by atoms with van der Waals surface area (Å²) in [5.74, 6) is -1.46. The third-order valence-electron chi connectivity index (χ3n) is 4.48. The maximum absolute atomic E-state index is 12.9. The highest BCUT2D eigenvalue weighted by Crippen LogP contribution is 2.31. The first-order chi connectivity index (χ1) is 16.5. The van der Waals surface area contributed by atoms with Crippen LogP contribution in [-0.4, -0.2) is 32.4 Å². The summed E-state index contributed by atoms with van der Waals surface area (Å²) < 4.78 is 74.7. The molecule has 0 aliphatic carbocycles. The number of carbonyl (C=O) groups is 1. The van der Waals surface area contributed by atoms with Crippen molar-refractivity contribution in [2.75, 3.05) is 16.6 Å². The van der Waals surface area contributed by atoms with Crippen molar-refractivity contribution in [1.82, 2.24) is 0 Å². The van der Waals surface area contributed by atoms with Crippen LogP contribution in [0, 0.1) is 0 Å². The second-order valence-corrected chi connectivity index (χ2v) is 8.73. The highest BCUT2D eigenvalue weighted by molar-refractivity contribution is 7.92. The lowest BCUT2D eigenvalue weighted by molar-refractivity contribution is -0.274. The molecule has 1 amide bonds. The summed E-state index contributed by atoms with van der Waals surface area (Å²) in [4.78, 5) is 12.1. The zero-order chi connectivity index (χ0) is 25.6. The van der Waals surface area contributed by atoms with E-state index in [9.17, 15) is 31.5 Å². The van der Waals surface area contributed by atoms with Crippen LogP contribution in [0.1, 0.15) is 18.6 Å². The SMILES string of the molecule is CCOc1cc(NC(=O)[C@H](O)c2ccccc2)ccc1S(=O)(=O)Nc1cccc(OC(F)(F)F)c1. The van der Waals surface area contributed by atoms with Gasteiger partial charge in [0.15, 0.2) is 6.10 Å². The van der Waals surface area contributed by atoms with E-state index >= 15 is 0 Å². The molecule has 12 heteroatoms. The Morgan fingerprint density at radius 1 is 1.00 bits per heavy atom. The molecule has 0 unspecified atom stereocenters. The Labute approximate surface area is 199 Å². The van der Waals surface area contributed by atoms with Crippen LogP contribution in [0.15, 0.2) is 77.7 Å². The van der Waals surface area contributed by atoms with E-state index in [2.05, 4.69) is 14.8 Å². The van der Waals surface area contributed by atoms with E-state index in [1.54, 1.807) is 37.3 Å². The summed E-state index contributed by atoms with van der Waals surface area (Å²) in [5, 5.41) is 12.7. The summed E-state index contributed by atoms with van der Waals surface area (Å²) in [7, 11) is -4.31. The maximum Gasteiger partial charge on any atom is 0.573 e. The number of aliphatic hydroxyl groups excluding tert-OH is 1. The fraction of sp³-hybridized carbons (Fsp3) is 0.174. The number of halogens is 3. The number of amides is 1. The second-order valence-electron chi connectivity index (χ2n) is 7.08. The predicted molar refractivity (Wildman–Crippen MR) is 122 cm³/mol. The van der Waals surface area contributed by atoms with Gasteiger partial charge in [0.05, 0.1) is 12.3 Å². The molecule has 8 nitrogen and oxygen atoms in total. The van der Waals surface area contributed by atoms with Gasteiger partial charge in [-0.2, -0.15) is 0 Å². The zero-order valence-electron chi connectivity index (χ0n) is 18.2. The fourth-order valence-corrected chi connectivity index (χ4v) is 4.22. The molecule has 0 fully saturated rings. The van der Waals surface area contributed by atoms with Crippen molar-refractivity contribution in [1.29, 1.82) is 0 Å². The molecule has 1 atom stereocenters. The van der Waals surface area contributed by atoms with E-state index in [1.807, 2.05) is 0 Å². The maximum atomic E-state index is 12.9. The van der Waals surface area contributed by atoms with Crippen molar-refractivity contribution in [2.45, 2.75) is 24.3 Å². The molecule has 3 N–H and O–H groups in total. The number of aliphatic hydroxyl groups is 1. The van der Waals surface area contributed by atoms with Gasteiger partial charge in [-0.15, -0.1) is 13.2 Å². The van der Waals surface area contributed by atoms with Crippen LogP contribution < -0.4 is 19.5 Å². The molecule has 0 spiro atoms. The summed E-state index contributed by atoms with van der Waals surface area (Å²) in [6, 6.07) is 16.3. The van der Waals surface area contributed by atoms with Gasteiger partial charge < -0.3 is 19.9 Å². The monoisotopic (exact) mass is 510 g/mol. The quantitative estimate of drug-likeness (QED) is 0.392. The normalized spacial score (nSPS) is 12.5. The minimum atomic E-state index is -4.94. The largest absolute Gasteiger partial charge is 0.573 e. The highest BCUT2D eigenvalue weighted by Gasteiger charge is 2.31. The standard InChI is InChI=1S/C23H21F3N2O6S/c1-2-33-19-14-16(27-22(30)21(29)15-7-4-3-5-8-15)11-12-20(19)35(31,32)28-17-9-6-10-18(13-17)34-23(24,25)26/h3-14,21,28-29H,2H2,1H3,(H,27,30)/t21-/m1/s1. The number of carbonyl (C=O) groups excluding carboxylic acids is 1. The van der Waals surface area contributed by atoms with Gasteiger partial charge in [0.25, 0.3) is 15.9 Å². The summed E-state index contributed by atoms with van der Waals surface area (Å²) in [6.45, 7) is 1.70. The van der Waals surface area contributed by atoms with Crippen LogP contribution in [0.5, 0.6) is 11.5 Å². The number of anilines is 2. The first kappa shape index (κ1) is 25.8. The smallest absolute Gasteiger partial charge is 0.492 e. The molecule has 3 aromatic rings. The molecule has 0 saturated heterocycles. The third kappa shape index (κ3) is 7.11. The fourth-order valence-electron chi connectivity index (χ4n) is 3.04. The van der Waals surface area contributed by atoms with Gasteiger partial charge in [0.1, 0.15) is 16.4 Å². The van der Waals surface area contributed by atoms with Crippen LogP contribution in [0.3, 0.4) is 0 Å². The van der Waals surface area contributed by atoms with E-state index in [1.165, 1.54) is 24.3 Å². The molecule has 0 aliphatic heterocycles. The Kier molecular flexibility index (Phi) is 7.87. The molecule has 0 heterocycles. The lowest BCUT2D eigenvalue weighted by Crippen LogP contribution is -2.21. The Morgan fingerprint density at radius 3 is 2.37 bits per heavy atom. The summed E-state index contributed by atoms with van der Waals surface area (Å²) in [5.41, 5.74) is 0.362. The first-order valence-corrected chi connectivity index (χ1v) is 11.7. The van der Waals surface area contributed by atoms with E-state index in [0.29, 0.717) is 5.56 Å². The van der Waals surface area contributed by atoms with Crippen LogP contribution in [0.25, 0.3) is 0 Å². The van der Waals surface area contributed by atoms with Crippen molar-refractivity contribution < 1.29 is 41.0 Å². The molecule has 3 rings (SSSR count). The number of hydrogen-bond donors (Lipinski definition) is 3. The molecular weight excluding hydrogens is 489 g/mol. The zero-order valence-corrected chi connectivity index (χ0v) is 19.1. The second kappa shape index (κ2) is 10.7. The van der Waals surface area contributed by atoms with Crippen molar-refractivity contribution in [2.24, 2.45) is 0 Å². The van der Waals surface area contributed by atoms with E-state index in [0.717, 1.165) is 18.2 Å². The van der Waals surface area contributed by atoms with Gasteiger partial charge in [-0.3, -0.25) is 9.52 Å². The van der Waals surface area contributed by atoms with Crippen LogP contribution in [0.4, 0.5) is 24.5 Å². The number of rotatable bonds is 9. The third-order valence-corrected chi connectivity index (χ3v) is 5.90. The Bertz CT molecular complexity index is 1280. The van der Waals surface area contributed by atoms with Gasteiger partial charge in [-0.1, -0.05) is 36.4 Å². The summed E-state index contributed by atoms with van der Waals surface area (Å²) >= 11 is 0. The minimum absolute atomic E-state index is 0.0848. The number of nitrogens with one attached hydrogen (secondary N) is 2. The van der Waals surface area contributed by atoms with Crippen molar-refractivity contribution in [3.63, 3.8) is 0 Å². The van der Waals surface area contributed by atoms with Crippen molar-refractivity contribution >= 4 is 27.3 Å². The molecule has 35 heavy (non-hydrogen) atoms. The molecule has 0 radical (unpaired) electrons. The number of hydrogen-bond acceptors (Lipinski definition) is 6. The summed E-state index contributed by atoms with van der Waals surface area (Å²) in [6.07, 6.45) is -6.39. The molecule has 186 valence electrons.